The first kappa shape index (κ1) is 32.4. The van der Waals surface area contributed by atoms with Crippen LogP contribution in [-0.2, 0) is 25.6 Å². The lowest BCUT2D eigenvalue weighted by molar-refractivity contribution is -0.141. The van der Waals surface area contributed by atoms with Gasteiger partial charge in [-0.1, -0.05) is 32.0 Å². The van der Waals surface area contributed by atoms with Crippen LogP contribution >= 0.6 is 12.6 Å². The number of thiol groups is 1. The number of carbonyl (C=O) groups excluding carboxylic acids is 3. The first-order valence-electron chi connectivity index (χ1n) is 13.0. The van der Waals surface area contributed by atoms with Gasteiger partial charge in [0.25, 0.3) is 0 Å². The minimum Gasteiger partial charge on any atom is -0.480 e. The third-order valence-corrected chi connectivity index (χ3v) is 6.53. The number of rotatable bonds is 16. The van der Waals surface area contributed by atoms with E-state index in [4.69, 9.17) is 17.2 Å². The topological polar surface area (TPSA) is 231 Å². The number of guanidine groups is 1. The molecule has 0 aliphatic rings. The van der Waals surface area contributed by atoms with Gasteiger partial charge in [0.15, 0.2) is 5.96 Å². The Morgan fingerprint density at radius 2 is 1.62 bits per heavy atom. The van der Waals surface area contributed by atoms with Crippen LogP contribution in [0, 0.1) is 5.92 Å². The largest absolute Gasteiger partial charge is 0.480 e. The van der Waals surface area contributed by atoms with E-state index in [2.05, 4.69) is 38.6 Å². The monoisotopic (exact) mass is 576 g/mol. The summed E-state index contributed by atoms with van der Waals surface area (Å²) >= 11 is 4.00. The third kappa shape index (κ3) is 10.1. The fourth-order valence-corrected chi connectivity index (χ4v) is 4.37. The van der Waals surface area contributed by atoms with E-state index in [-0.39, 0.29) is 37.0 Å². The molecule has 0 radical (unpaired) electrons. The summed E-state index contributed by atoms with van der Waals surface area (Å²) < 4.78 is 0. The summed E-state index contributed by atoms with van der Waals surface area (Å²) in [5.74, 6) is -3.19. The molecule has 14 heteroatoms. The standard InChI is InChI=1S/C26H40N8O5S/c1-14(2)10-17(27)22(35)32-19(8-5-9-30-26(28)29)23(36)33-20(24(37)34-21(13-40)25(38)39)11-15-12-31-18-7-4-3-6-16(15)18/h3-4,6-7,12,14,17,19-21,31,40H,5,8-11,13,27H2,1-2H3,(H,32,35)(H,33,36)(H,34,37)(H,38,39)(H4,28,29,30). The molecule has 3 amide bonds. The highest BCUT2D eigenvalue weighted by molar-refractivity contribution is 7.80. The first-order chi connectivity index (χ1) is 18.9. The average molecular weight is 577 g/mol. The van der Waals surface area contributed by atoms with Crippen LogP contribution in [0.15, 0.2) is 35.5 Å². The number of aromatic nitrogens is 1. The van der Waals surface area contributed by atoms with Crippen LogP contribution in [0.5, 0.6) is 0 Å². The molecule has 11 N–H and O–H groups in total. The molecule has 1 aromatic carbocycles. The number of nitrogens with zero attached hydrogens (tertiary/aromatic N) is 1. The molecule has 4 unspecified atom stereocenters. The number of carboxylic acid groups (broad SMARTS) is 1. The Bertz CT molecular complexity index is 1200. The van der Waals surface area contributed by atoms with E-state index in [9.17, 15) is 24.3 Å². The van der Waals surface area contributed by atoms with Gasteiger partial charge in [0.1, 0.15) is 18.1 Å². The van der Waals surface area contributed by atoms with Crippen LogP contribution in [0.25, 0.3) is 10.9 Å². The zero-order valence-corrected chi connectivity index (χ0v) is 23.6. The summed E-state index contributed by atoms with van der Waals surface area (Å²) in [6.45, 7) is 4.08. The Labute approximate surface area is 238 Å². The maximum absolute atomic E-state index is 13.5. The second kappa shape index (κ2) is 15.7. The van der Waals surface area contributed by atoms with E-state index < -0.39 is 47.9 Å². The molecule has 4 atom stereocenters. The molecule has 0 aliphatic carbocycles. The van der Waals surface area contributed by atoms with Gasteiger partial charge in [-0.15, -0.1) is 0 Å². The summed E-state index contributed by atoms with van der Waals surface area (Å²) in [7, 11) is 0. The maximum atomic E-state index is 13.5. The van der Waals surface area contributed by atoms with Crippen molar-refractivity contribution in [2.45, 2.75) is 63.7 Å². The van der Waals surface area contributed by atoms with Crippen molar-refractivity contribution in [2.24, 2.45) is 28.1 Å². The summed E-state index contributed by atoms with van der Waals surface area (Å²) in [5.41, 5.74) is 18.4. The van der Waals surface area contributed by atoms with Gasteiger partial charge >= 0.3 is 5.97 Å². The van der Waals surface area contributed by atoms with Crippen molar-refractivity contribution in [3.8, 4) is 0 Å². The van der Waals surface area contributed by atoms with Crippen LogP contribution in [0.3, 0.4) is 0 Å². The van der Waals surface area contributed by atoms with Gasteiger partial charge in [-0.2, -0.15) is 12.6 Å². The molecule has 2 rings (SSSR count). The number of carboxylic acids is 1. The van der Waals surface area contributed by atoms with Crippen LogP contribution in [0.2, 0.25) is 0 Å². The average Bonchev–Trinajstić information content (AvgIpc) is 3.30. The molecule has 0 fully saturated rings. The van der Waals surface area contributed by atoms with Gasteiger partial charge in [-0.3, -0.25) is 19.4 Å². The Kier molecular flexibility index (Phi) is 12.7. The zero-order chi connectivity index (χ0) is 29.8. The van der Waals surface area contributed by atoms with Crippen molar-refractivity contribution in [3.05, 3.63) is 36.0 Å². The summed E-state index contributed by atoms with van der Waals surface area (Å²) in [6, 6.07) is 3.15. The molecule has 0 spiro atoms. The third-order valence-electron chi connectivity index (χ3n) is 6.17. The SMILES string of the molecule is CC(C)CC(N)C(=O)NC(CCCN=C(N)N)C(=O)NC(Cc1c[nH]c2ccccc12)C(=O)NC(CS)C(=O)O. The molecule has 220 valence electrons. The number of nitrogens with two attached hydrogens (primary N) is 3. The highest BCUT2D eigenvalue weighted by atomic mass is 32.1. The van der Waals surface area contributed by atoms with E-state index in [1.807, 2.05) is 38.1 Å². The van der Waals surface area contributed by atoms with E-state index in [0.717, 1.165) is 16.5 Å². The van der Waals surface area contributed by atoms with Crippen molar-refractivity contribution in [3.63, 3.8) is 0 Å². The van der Waals surface area contributed by atoms with Gasteiger partial charge in [0, 0.05) is 35.8 Å². The first-order valence-corrected chi connectivity index (χ1v) is 13.7. The molecule has 13 nitrogen and oxygen atoms in total. The van der Waals surface area contributed by atoms with Crippen molar-refractivity contribution >= 4 is 53.2 Å². The number of aliphatic carboxylic acids is 1. The predicted molar refractivity (Wildman–Crippen MR) is 157 cm³/mol. The summed E-state index contributed by atoms with van der Waals surface area (Å²) in [6.07, 6.45) is 2.72. The number of aliphatic imine (C=N–C) groups is 1. The second-order valence-electron chi connectivity index (χ2n) is 9.95. The van der Waals surface area contributed by atoms with Crippen LogP contribution in [-0.4, -0.2) is 76.2 Å². The van der Waals surface area contributed by atoms with Gasteiger partial charge in [0.2, 0.25) is 17.7 Å². The molecule has 2 aromatic rings. The molecule has 0 bridgehead atoms. The van der Waals surface area contributed by atoms with Gasteiger partial charge in [-0.05, 0) is 36.8 Å². The molecular weight excluding hydrogens is 536 g/mol. The van der Waals surface area contributed by atoms with Crippen molar-refractivity contribution in [1.29, 1.82) is 0 Å². The normalized spacial score (nSPS) is 14.1. The van der Waals surface area contributed by atoms with Crippen molar-refractivity contribution in [2.75, 3.05) is 12.3 Å². The Morgan fingerprint density at radius 1 is 1.00 bits per heavy atom. The Balaban J connectivity index is 2.30. The molecule has 0 aliphatic heterocycles. The number of carbonyl (C=O) groups is 4. The minimum atomic E-state index is -1.26. The van der Waals surface area contributed by atoms with E-state index in [1.165, 1.54) is 0 Å². The smallest absolute Gasteiger partial charge is 0.327 e. The summed E-state index contributed by atoms with van der Waals surface area (Å²) in [5, 5.41) is 18.1. The fraction of sp³-hybridized carbons (Fsp3) is 0.500. The van der Waals surface area contributed by atoms with Crippen LogP contribution in [0.4, 0.5) is 0 Å². The van der Waals surface area contributed by atoms with E-state index >= 15 is 0 Å². The Hall–Kier alpha value is -3.78. The maximum Gasteiger partial charge on any atom is 0.327 e. The fourth-order valence-electron chi connectivity index (χ4n) is 4.13. The zero-order valence-electron chi connectivity index (χ0n) is 22.7. The van der Waals surface area contributed by atoms with Gasteiger partial charge in [0.05, 0.1) is 6.04 Å². The Morgan fingerprint density at radius 3 is 2.25 bits per heavy atom. The number of benzene rings is 1. The predicted octanol–water partition coefficient (Wildman–Crippen LogP) is -0.394. The number of para-hydroxylation sites is 1. The number of nitrogens with one attached hydrogen (secondary N) is 4. The van der Waals surface area contributed by atoms with E-state index in [0.29, 0.717) is 12.8 Å². The minimum absolute atomic E-state index is 0.0576. The quantitative estimate of drug-likeness (QED) is 0.0551. The number of hydrogen-bond acceptors (Lipinski definition) is 7. The molecule has 1 aromatic heterocycles. The van der Waals surface area contributed by atoms with E-state index in [1.54, 1.807) is 6.20 Å². The van der Waals surface area contributed by atoms with Crippen LogP contribution in [0.1, 0.15) is 38.7 Å². The van der Waals surface area contributed by atoms with Crippen molar-refractivity contribution in [1.82, 2.24) is 20.9 Å². The molecule has 40 heavy (non-hydrogen) atoms. The van der Waals surface area contributed by atoms with Crippen molar-refractivity contribution < 1.29 is 24.3 Å². The highest BCUT2D eigenvalue weighted by Crippen LogP contribution is 2.19. The van der Waals surface area contributed by atoms with Gasteiger partial charge < -0.3 is 43.2 Å². The lowest BCUT2D eigenvalue weighted by Crippen LogP contribution is -2.58. The number of amides is 3. The molecule has 0 saturated heterocycles. The van der Waals surface area contributed by atoms with Crippen LogP contribution < -0.4 is 33.2 Å². The molecule has 1 heterocycles. The highest BCUT2D eigenvalue weighted by Gasteiger charge is 2.30. The van der Waals surface area contributed by atoms with Gasteiger partial charge in [-0.25, -0.2) is 4.79 Å². The molecule has 0 saturated carbocycles. The number of hydrogen-bond donors (Lipinski definition) is 9. The number of H-pyrrole nitrogens is 1. The second-order valence-corrected chi connectivity index (χ2v) is 10.3. The molecular formula is C26H40N8O5S. The lowest BCUT2D eigenvalue weighted by atomic mass is 10.0. The number of aromatic amines is 1. The summed E-state index contributed by atoms with van der Waals surface area (Å²) in [4.78, 5) is 58.0. The number of fused-ring (bicyclic) bond motifs is 1. The lowest BCUT2D eigenvalue weighted by Gasteiger charge is -2.25.